The first-order chi connectivity index (χ1) is 8.70. The standard InChI is InChI=1S/C14H18O3S/c1-3-16-14-9-8-13(10-17-14)18(15)12-6-4-11(2)5-7-12/h4-7,10,14H,3,8-9H2,1-2H3/t14-,18?/m1/s1. The van der Waals surface area contributed by atoms with Gasteiger partial charge in [-0.25, -0.2) is 4.21 Å². The molecule has 1 aromatic rings. The molecule has 4 heteroatoms. The molecule has 0 spiro atoms. The molecule has 0 fully saturated rings. The van der Waals surface area contributed by atoms with Crippen molar-refractivity contribution in [2.24, 2.45) is 0 Å². The highest BCUT2D eigenvalue weighted by Crippen LogP contribution is 2.25. The third-order valence-electron chi connectivity index (χ3n) is 2.80. The van der Waals surface area contributed by atoms with Crippen LogP contribution in [0.1, 0.15) is 25.3 Å². The minimum absolute atomic E-state index is 0.186. The summed E-state index contributed by atoms with van der Waals surface area (Å²) in [4.78, 5) is 1.65. The van der Waals surface area contributed by atoms with E-state index in [-0.39, 0.29) is 6.29 Å². The van der Waals surface area contributed by atoms with Gasteiger partial charge in [0.1, 0.15) is 0 Å². The zero-order chi connectivity index (χ0) is 13.0. The van der Waals surface area contributed by atoms with Gasteiger partial charge in [0.05, 0.1) is 22.0 Å². The lowest BCUT2D eigenvalue weighted by Crippen LogP contribution is -2.19. The van der Waals surface area contributed by atoms with E-state index < -0.39 is 10.8 Å². The molecule has 2 atom stereocenters. The molecule has 0 bridgehead atoms. The Kier molecular flexibility index (Phi) is 4.55. The topological polar surface area (TPSA) is 35.5 Å². The number of aryl methyl sites for hydroxylation is 1. The molecule has 1 aromatic carbocycles. The van der Waals surface area contributed by atoms with E-state index in [1.165, 1.54) is 5.56 Å². The van der Waals surface area contributed by atoms with Crippen LogP contribution < -0.4 is 0 Å². The molecule has 0 aliphatic carbocycles. The van der Waals surface area contributed by atoms with Crippen molar-refractivity contribution in [2.45, 2.75) is 37.9 Å². The Bertz CT molecular complexity index is 451. The molecule has 1 aliphatic rings. The lowest BCUT2D eigenvalue weighted by atomic mass is 10.2. The molecular weight excluding hydrogens is 248 g/mol. The van der Waals surface area contributed by atoms with Crippen molar-refractivity contribution in [3.63, 3.8) is 0 Å². The summed E-state index contributed by atoms with van der Waals surface area (Å²) in [5.41, 5.74) is 1.17. The lowest BCUT2D eigenvalue weighted by molar-refractivity contribution is -0.111. The molecule has 0 radical (unpaired) electrons. The van der Waals surface area contributed by atoms with Crippen LogP contribution in [0.15, 0.2) is 40.3 Å². The summed E-state index contributed by atoms with van der Waals surface area (Å²) in [5.74, 6) is 0. The third-order valence-corrected chi connectivity index (χ3v) is 4.28. The predicted octanol–water partition coefficient (Wildman–Crippen LogP) is 3.12. The lowest BCUT2D eigenvalue weighted by Gasteiger charge is -2.22. The van der Waals surface area contributed by atoms with Gasteiger partial charge < -0.3 is 9.47 Å². The number of benzene rings is 1. The molecule has 1 aliphatic heterocycles. The Morgan fingerprint density at radius 3 is 2.67 bits per heavy atom. The first kappa shape index (κ1) is 13.3. The highest BCUT2D eigenvalue weighted by Gasteiger charge is 2.20. The third kappa shape index (κ3) is 3.21. The van der Waals surface area contributed by atoms with Crippen LogP contribution in [0, 0.1) is 6.92 Å². The second-order valence-electron chi connectivity index (χ2n) is 4.23. The average molecular weight is 266 g/mol. The van der Waals surface area contributed by atoms with Crippen LogP contribution in [0.3, 0.4) is 0 Å². The van der Waals surface area contributed by atoms with E-state index in [1.54, 1.807) is 6.26 Å². The molecule has 0 amide bonds. The van der Waals surface area contributed by atoms with E-state index in [9.17, 15) is 4.21 Å². The van der Waals surface area contributed by atoms with Crippen molar-refractivity contribution in [1.29, 1.82) is 0 Å². The minimum atomic E-state index is -1.12. The van der Waals surface area contributed by atoms with E-state index >= 15 is 0 Å². The summed E-state index contributed by atoms with van der Waals surface area (Å²) < 4.78 is 23.1. The van der Waals surface area contributed by atoms with E-state index in [0.717, 1.165) is 22.6 Å². The highest BCUT2D eigenvalue weighted by molar-refractivity contribution is 7.89. The molecule has 0 aromatic heterocycles. The largest absolute Gasteiger partial charge is 0.472 e. The van der Waals surface area contributed by atoms with Crippen molar-refractivity contribution in [3.8, 4) is 0 Å². The number of hydrogen-bond donors (Lipinski definition) is 0. The summed E-state index contributed by atoms with van der Waals surface area (Å²) in [7, 11) is -1.12. The fourth-order valence-electron chi connectivity index (χ4n) is 1.80. The summed E-state index contributed by atoms with van der Waals surface area (Å²) in [6.07, 6.45) is 2.93. The molecule has 1 heterocycles. The first-order valence-electron chi connectivity index (χ1n) is 6.15. The predicted molar refractivity (Wildman–Crippen MR) is 71.4 cm³/mol. The number of hydrogen-bond acceptors (Lipinski definition) is 3. The zero-order valence-electron chi connectivity index (χ0n) is 10.7. The zero-order valence-corrected chi connectivity index (χ0v) is 11.5. The van der Waals surface area contributed by atoms with Crippen molar-refractivity contribution in [3.05, 3.63) is 41.0 Å². The summed E-state index contributed by atoms with van der Waals surface area (Å²) in [6.45, 7) is 4.59. The van der Waals surface area contributed by atoms with Gasteiger partial charge >= 0.3 is 0 Å². The van der Waals surface area contributed by atoms with Gasteiger partial charge in [-0.15, -0.1) is 0 Å². The van der Waals surface area contributed by atoms with E-state index in [4.69, 9.17) is 9.47 Å². The Hall–Kier alpha value is -1.13. The van der Waals surface area contributed by atoms with Crippen LogP contribution in [-0.2, 0) is 20.3 Å². The maximum Gasteiger partial charge on any atom is 0.199 e. The molecule has 0 saturated heterocycles. The van der Waals surface area contributed by atoms with Gasteiger partial charge in [-0.1, -0.05) is 17.7 Å². The van der Waals surface area contributed by atoms with Crippen LogP contribution >= 0.6 is 0 Å². The second kappa shape index (κ2) is 6.16. The van der Waals surface area contributed by atoms with E-state index in [2.05, 4.69) is 0 Å². The van der Waals surface area contributed by atoms with Crippen LogP contribution in [0.4, 0.5) is 0 Å². The van der Waals surface area contributed by atoms with Gasteiger partial charge in [0.2, 0.25) is 0 Å². The van der Waals surface area contributed by atoms with Crippen molar-refractivity contribution in [1.82, 2.24) is 0 Å². The molecule has 0 N–H and O–H groups in total. The Morgan fingerprint density at radius 1 is 1.39 bits per heavy atom. The molecule has 98 valence electrons. The van der Waals surface area contributed by atoms with Gasteiger partial charge in [0.25, 0.3) is 0 Å². The van der Waals surface area contributed by atoms with Crippen molar-refractivity contribution < 1.29 is 13.7 Å². The van der Waals surface area contributed by atoms with Gasteiger partial charge in [0, 0.05) is 17.9 Å². The van der Waals surface area contributed by atoms with E-state index in [1.807, 2.05) is 38.1 Å². The van der Waals surface area contributed by atoms with Crippen molar-refractivity contribution >= 4 is 10.8 Å². The van der Waals surface area contributed by atoms with Crippen molar-refractivity contribution in [2.75, 3.05) is 6.61 Å². The SMILES string of the molecule is CCO[C@H]1CCC(S(=O)c2ccc(C)cc2)=CO1. The number of allylic oxidation sites excluding steroid dienone is 1. The van der Waals surface area contributed by atoms with Crippen LogP contribution in [0.25, 0.3) is 0 Å². The summed E-state index contributed by atoms with van der Waals surface area (Å²) in [5, 5.41) is 0. The van der Waals surface area contributed by atoms with Crippen LogP contribution in [0.2, 0.25) is 0 Å². The molecule has 3 nitrogen and oxygen atoms in total. The molecule has 18 heavy (non-hydrogen) atoms. The van der Waals surface area contributed by atoms with Crippen LogP contribution in [0.5, 0.6) is 0 Å². The maximum atomic E-state index is 12.3. The Morgan fingerprint density at radius 2 is 2.11 bits per heavy atom. The molecule has 1 unspecified atom stereocenters. The van der Waals surface area contributed by atoms with Gasteiger partial charge in [0.15, 0.2) is 6.29 Å². The van der Waals surface area contributed by atoms with Crippen LogP contribution in [-0.4, -0.2) is 17.1 Å². The molecule has 2 rings (SSSR count). The second-order valence-corrected chi connectivity index (χ2v) is 5.76. The van der Waals surface area contributed by atoms with Gasteiger partial charge in [-0.2, -0.15) is 0 Å². The van der Waals surface area contributed by atoms with Gasteiger partial charge in [-0.3, -0.25) is 0 Å². The number of rotatable bonds is 4. The van der Waals surface area contributed by atoms with E-state index in [0.29, 0.717) is 6.61 Å². The highest BCUT2D eigenvalue weighted by atomic mass is 32.2. The first-order valence-corrected chi connectivity index (χ1v) is 7.30. The normalized spacial score (nSPS) is 21.0. The fourth-order valence-corrected chi connectivity index (χ4v) is 2.93. The Balaban J connectivity index is 2.04. The quantitative estimate of drug-likeness (QED) is 0.840. The average Bonchev–Trinajstić information content (AvgIpc) is 2.40. The Labute approximate surface area is 110 Å². The fraction of sp³-hybridized carbons (Fsp3) is 0.429. The summed E-state index contributed by atoms with van der Waals surface area (Å²) >= 11 is 0. The smallest absolute Gasteiger partial charge is 0.199 e. The number of ether oxygens (including phenoxy) is 2. The van der Waals surface area contributed by atoms with Gasteiger partial charge in [-0.05, 0) is 32.4 Å². The summed E-state index contributed by atoms with van der Waals surface area (Å²) in [6, 6.07) is 7.75. The molecule has 0 saturated carbocycles. The molecular formula is C14H18O3S. The minimum Gasteiger partial charge on any atom is -0.472 e. The maximum absolute atomic E-state index is 12.3. The monoisotopic (exact) mass is 266 g/mol.